The summed E-state index contributed by atoms with van der Waals surface area (Å²) in [6.07, 6.45) is 6.06. The molecule has 0 saturated carbocycles. The average molecular weight is 921 g/mol. The van der Waals surface area contributed by atoms with Crippen LogP contribution in [-0.2, 0) is 0 Å². The van der Waals surface area contributed by atoms with Crippen molar-refractivity contribution in [3.05, 3.63) is 148 Å². The van der Waals surface area contributed by atoms with Crippen LogP contribution >= 0.6 is 39.1 Å². The average Bonchev–Trinajstić information content (AvgIpc) is 3.96. The molecule has 14 nitrogen and oxygen atoms in total. The van der Waals surface area contributed by atoms with E-state index in [0.717, 1.165) is 10.1 Å². The highest BCUT2D eigenvalue weighted by atomic mass is 79.9. The molecule has 5 N–H and O–H groups in total. The molecule has 2 atom stereocenters. The molecule has 0 spiro atoms. The lowest BCUT2D eigenvalue weighted by molar-refractivity contribution is 0.627. The summed E-state index contributed by atoms with van der Waals surface area (Å²) in [7, 11) is 0. The third kappa shape index (κ3) is 8.95. The predicted octanol–water partition coefficient (Wildman–Crippen LogP) is 10.2. The van der Waals surface area contributed by atoms with Crippen LogP contribution in [0.3, 0.4) is 0 Å². The van der Waals surface area contributed by atoms with Crippen molar-refractivity contribution in [3.8, 4) is 22.5 Å². The Hall–Kier alpha value is -6.66. The Morgan fingerprint density at radius 1 is 0.623 bits per heavy atom. The first-order valence-corrected chi connectivity index (χ1v) is 20.0. The molecule has 0 aliphatic heterocycles. The quantitative estimate of drug-likeness (QED) is 0.115. The molecule has 0 aliphatic rings. The van der Waals surface area contributed by atoms with Crippen LogP contribution in [-0.4, -0.2) is 59.8 Å². The number of aromatic amines is 2. The number of nitrogens with one attached hydrogen (secondary N) is 3. The molecular formula is C42H31BrCl2F2N14. The maximum Gasteiger partial charge on any atom is 0.182 e. The van der Waals surface area contributed by atoms with Gasteiger partial charge in [0, 0.05) is 17.2 Å². The summed E-state index contributed by atoms with van der Waals surface area (Å²) < 4.78 is 28.2. The molecule has 10 rings (SSSR count). The molecule has 6 aromatic heterocycles. The van der Waals surface area contributed by atoms with Gasteiger partial charge in [0.05, 0.1) is 62.6 Å². The molecule has 0 radical (unpaired) electrons. The third-order valence-corrected chi connectivity index (χ3v) is 10.3. The van der Waals surface area contributed by atoms with Crippen LogP contribution in [0.15, 0.2) is 115 Å². The van der Waals surface area contributed by atoms with Crippen molar-refractivity contribution < 1.29 is 8.78 Å². The van der Waals surface area contributed by atoms with Gasteiger partial charge in [-0.25, -0.2) is 58.6 Å². The van der Waals surface area contributed by atoms with Gasteiger partial charge in [0.15, 0.2) is 17.1 Å². The van der Waals surface area contributed by atoms with Crippen LogP contribution in [0.4, 0.5) is 14.6 Å². The largest absolute Gasteiger partial charge is 0.360 e. The number of hydrogen-bond donors (Lipinski definition) is 4. The van der Waals surface area contributed by atoms with E-state index in [4.69, 9.17) is 38.9 Å². The van der Waals surface area contributed by atoms with Crippen molar-refractivity contribution in [2.45, 2.75) is 25.9 Å². The van der Waals surface area contributed by atoms with Crippen molar-refractivity contribution in [1.29, 1.82) is 0 Å². The molecule has 10 aromatic rings. The number of H-pyrrole nitrogens is 2. The van der Waals surface area contributed by atoms with E-state index in [2.05, 4.69) is 71.1 Å². The number of imidazole rings is 2. The minimum absolute atomic E-state index is 0.305. The number of nitrogens with two attached hydrogens (primary N) is 1. The van der Waals surface area contributed by atoms with Gasteiger partial charge >= 0.3 is 0 Å². The summed E-state index contributed by atoms with van der Waals surface area (Å²) in [6.45, 7) is 3.76. The first kappa shape index (κ1) is 41.1. The van der Waals surface area contributed by atoms with Crippen LogP contribution in [0.25, 0.3) is 66.9 Å². The lowest BCUT2D eigenvalue weighted by Crippen LogP contribution is -2.13. The number of anilines is 1. The summed E-state index contributed by atoms with van der Waals surface area (Å²) in [5.74, 6) is -0.0950. The van der Waals surface area contributed by atoms with Gasteiger partial charge in [0.2, 0.25) is 0 Å². The minimum atomic E-state index is -0.352. The van der Waals surface area contributed by atoms with E-state index in [1.807, 2.05) is 38.1 Å². The van der Waals surface area contributed by atoms with Crippen LogP contribution in [0, 0.1) is 11.6 Å². The SMILES string of the molecule is Brc1ncnc2nc[nH]c12.CC(N)c1nc2cccc(Cl)c2nc1-c1cccc(F)c1.CC(Nc1ncnc2nc[nH]c12)c1nc2cccc(Cl)c2nc1-c1cccc(F)c1. The van der Waals surface area contributed by atoms with Crippen LogP contribution in [0.5, 0.6) is 0 Å². The Kier molecular flexibility index (Phi) is 12.1. The zero-order valence-corrected chi connectivity index (χ0v) is 35.1. The second kappa shape index (κ2) is 17.9. The normalized spacial score (nSPS) is 12.1. The highest BCUT2D eigenvalue weighted by molar-refractivity contribution is 9.10. The van der Waals surface area contributed by atoms with Crippen molar-refractivity contribution in [1.82, 2.24) is 59.8 Å². The first-order chi connectivity index (χ1) is 29.5. The number of rotatable bonds is 6. The third-order valence-electron chi connectivity index (χ3n) is 9.14. The first-order valence-electron chi connectivity index (χ1n) is 18.4. The molecule has 4 aromatic carbocycles. The lowest BCUT2D eigenvalue weighted by Gasteiger charge is -2.18. The zero-order chi connectivity index (χ0) is 42.6. The molecule has 0 fully saturated rings. The fourth-order valence-corrected chi connectivity index (χ4v) is 7.12. The Morgan fingerprint density at radius 3 is 1.69 bits per heavy atom. The lowest BCUT2D eigenvalue weighted by atomic mass is 10.0. The van der Waals surface area contributed by atoms with Crippen molar-refractivity contribution in [2.24, 2.45) is 5.73 Å². The number of hydrogen-bond acceptors (Lipinski definition) is 12. The van der Waals surface area contributed by atoms with E-state index in [0.29, 0.717) is 88.6 Å². The summed E-state index contributed by atoms with van der Waals surface area (Å²) in [5.41, 5.74) is 14.8. The molecule has 0 amide bonds. The van der Waals surface area contributed by atoms with E-state index in [1.165, 1.54) is 36.9 Å². The topological polar surface area (TPSA) is 199 Å². The summed E-state index contributed by atoms with van der Waals surface area (Å²) in [6, 6.07) is 22.7. The molecule has 2 unspecified atom stereocenters. The molecule has 19 heteroatoms. The number of aromatic nitrogens is 12. The van der Waals surface area contributed by atoms with Gasteiger partial charge in [-0.15, -0.1) is 0 Å². The van der Waals surface area contributed by atoms with E-state index in [9.17, 15) is 8.78 Å². The second-order valence-corrected chi connectivity index (χ2v) is 15.0. The molecule has 61 heavy (non-hydrogen) atoms. The van der Waals surface area contributed by atoms with Gasteiger partial charge in [0.25, 0.3) is 0 Å². The summed E-state index contributed by atoms with van der Waals surface area (Å²) >= 11 is 15.8. The molecule has 0 saturated heterocycles. The fraction of sp³-hybridized carbons (Fsp3) is 0.0952. The van der Waals surface area contributed by atoms with Gasteiger partial charge in [-0.3, -0.25) is 0 Å². The van der Waals surface area contributed by atoms with Gasteiger partial charge in [-0.2, -0.15) is 0 Å². The fourth-order valence-electron chi connectivity index (χ4n) is 6.31. The molecular weight excluding hydrogens is 889 g/mol. The molecule has 0 aliphatic carbocycles. The number of halogens is 5. The standard InChI is InChI=1S/C21H15ClFN7.C16H13ClFN3.C5H3BrN4/c1-11(28-21-19-20(25-9-24-19)26-10-27-21)16-17(12-4-2-5-13(23)8-12)30-18-14(22)6-3-7-15(18)29-16;1-9(19)14-15(10-4-2-5-11(18)8-10)21-16-12(17)6-3-7-13(16)20-14;6-4-3-5(9-1-7-3)10-2-8-4/h2-11H,1H3,(H2,24,25,26,27,28);2-9H,19H2,1H3;1-2H,(H,7,8,9,10). The smallest absolute Gasteiger partial charge is 0.182 e. The zero-order valence-electron chi connectivity index (χ0n) is 32.0. The number of nitrogens with zero attached hydrogens (tertiary/aromatic N) is 10. The van der Waals surface area contributed by atoms with Gasteiger partial charge in [-0.05, 0) is 78.3 Å². The number of fused-ring (bicyclic) bond motifs is 4. The van der Waals surface area contributed by atoms with Crippen LogP contribution < -0.4 is 11.1 Å². The number of benzene rings is 4. The van der Waals surface area contributed by atoms with Gasteiger partial charge in [0.1, 0.15) is 51.0 Å². The Balaban J connectivity index is 0.000000143. The molecule has 304 valence electrons. The Bertz CT molecular complexity index is 3180. The maximum absolute atomic E-state index is 13.9. The van der Waals surface area contributed by atoms with Crippen molar-refractivity contribution in [2.75, 3.05) is 5.32 Å². The van der Waals surface area contributed by atoms with Crippen LogP contribution in [0.2, 0.25) is 10.0 Å². The van der Waals surface area contributed by atoms with E-state index >= 15 is 0 Å². The molecule has 6 heterocycles. The van der Waals surface area contributed by atoms with Crippen LogP contribution in [0.1, 0.15) is 37.3 Å². The minimum Gasteiger partial charge on any atom is -0.360 e. The number of para-hydroxylation sites is 2. The van der Waals surface area contributed by atoms with Gasteiger partial charge < -0.3 is 21.0 Å². The summed E-state index contributed by atoms with van der Waals surface area (Å²) in [4.78, 5) is 49.0. The van der Waals surface area contributed by atoms with Crippen molar-refractivity contribution in [3.63, 3.8) is 0 Å². The van der Waals surface area contributed by atoms with Crippen molar-refractivity contribution >= 4 is 89.3 Å². The maximum atomic E-state index is 13.9. The predicted molar refractivity (Wildman–Crippen MR) is 236 cm³/mol. The summed E-state index contributed by atoms with van der Waals surface area (Å²) in [5, 5.41) is 4.33. The highest BCUT2D eigenvalue weighted by Crippen LogP contribution is 2.33. The monoisotopic (exact) mass is 918 g/mol. The second-order valence-electron chi connectivity index (χ2n) is 13.4. The highest BCUT2D eigenvalue weighted by Gasteiger charge is 2.21. The van der Waals surface area contributed by atoms with E-state index in [-0.39, 0.29) is 23.7 Å². The van der Waals surface area contributed by atoms with E-state index in [1.54, 1.807) is 49.1 Å². The Labute approximate surface area is 363 Å². The van der Waals surface area contributed by atoms with E-state index < -0.39 is 0 Å². The Morgan fingerprint density at radius 2 is 1.13 bits per heavy atom. The van der Waals surface area contributed by atoms with Gasteiger partial charge in [-0.1, -0.05) is 59.6 Å². The molecule has 0 bridgehead atoms.